The molecule has 1 saturated heterocycles. The number of rotatable bonds is 8. The van der Waals surface area contributed by atoms with Crippen LogP contribution < -0.4 is 0 Å². The Kier molecular flexibility index (Phi) is 7.63. The Hall–Kier alpha value is -1.96. The van der Waals surface area contributed by atoms with Crippen molar-refractivity contribution in [3.8, 4) is 0 Å². The quantitative estimate of drug-likeness (QED) is 0.421. The summed E-state index contributed by atoms with van der Waals surface area (Å²) in [6, 6.07) is 10.9. The highest BCUT2D eigenvalue weighted by Crippen LogP contribution is 2.39. The molecule has 0 aliphatic carbocycles. The molecule has 0 bridgehead atoms. The molecule has 1 aromatic carbocycles. The van der Waals surface area contributed by atoms with E-state index >= 15 is 0 Å². The van der Waals surface area contributed by atoms with E-state index in [1.807, 2.05) is 24.7 Å². The topological polar surface area (TPSA) is 56.6 Å². The molecule has 0 amide bonds. The summed E-state index contributed by atoms with van der Waals surface area (Å²) in [5, 5.41) is 0.186. The minimum absolute atomic E-state index is 0.186. The second-order valence-corrected chi connectivity index (χ2v) is 15.1. The standard InChI is InChI=1S/C25H39N3O3Si/c1-8-30-24(29)23-26-16-21(27(23)5)14-20-15-22(31-32(6,7)25(2,3)4)18-28(20)17-19-12-10-9-11-13-19/h9-13,16,20,22H,8,14-15,17-18H2,1-7H3/t20-,22-/m1/s1. The number of aromatic nitrogens is 2. The fourth-order valence-electron chi connectivity index (χ4n) is 4.10. The summed E-state index contributed by atoms with van der Waals surface area (Å²) >= 11 is 0. The van der Waals surface area contributed by atoms with E-state index in [1.165, 1.54) is 5.56 Å². The summed E-state index contributed by atoms with van der Waals surface area (Å²) in [5.74, 6) is -0.00326. The minimum Gasteiger partial charge on any atom is -0.460 e. The van der Waals surface area contributed by atoms with E-state index < -0.39 is 8.32 Å². The highest BCUT2D eigenvalue weighted by atomic mass is 28.4. The van der Waals surface area contributed by atoms with E-state index in [1.54, 1.807) is 0 Å². The van der Waals surface area contributed by atoms with Crippen LogP contribution in [-0.2, 0) is 29.2 Å². The highest BCUT2D eigenvalue weighted by Gasteiger charge is 2.42. The van der Waals surface area contributed by atoms with Gasteiger partial charge in [-0.3, -0.25) is 4.90 Å². The van der Waals surface area contributed by atoms with Gasteiger partial charge in [-0.1, -0.05) is 51.1 Å². The average molecular weight is 458 g/mol. The molecule has 2 atom stereocenters. The molecule has 176 valence electrons. The van der Waals surface area contributed by atoms with Crippen molar-refractivity contribution < 1.29 is 14.0 Å². The van der Waals surface area contributed by atoms with Gasteiger partial charge < -0.3 is 13.7 Å². The summed E-state index contributed by atoms with van der Waals surface area (Å²) in [7, 11) is 0.0480. The van der Waals surface area contributed by atoms with Crippen molar-refractivity contribution in [3.05, 3.63) is 53.6 Å². The monoisotopic (exact) mass is 457 g/mol. The van der Waals surface area contributed by atoms with Crippen LogP contribution in [0.25, 0.3) is 0 Å². The molecule has 2 heterocycles. The molecule has 1 aliphatic heterocycles. The molecule has 6 nitrogen and oxygen atoms in total. The molecule has 3 rings (SSSR count). The Labute approximate surface area is 194 Å². The third-order valence-electron chi connectivity index (χ3n) is 6.97. The van der Waals surface area contributed by atoms with Crippen molar-refractivity contribution >= 4 is 14.3 Å². The Morgan fingerprint density at radius 1 is 1.22 bits per heavy atom. The molecule has 7 heteroatoms. The average Bonchev–Trinajstić information content (AvgIpc) is 3.25. The number of esters is 1. The van der Waals surface area contributed by atoms with Crippen LogP contribution in [0.2, 0.25) is 18.1 Å². The number of hydrogen-bond acceptors (Lipinski definition) is 5. The van der Waals surface area contributed by atoms with Gasteiger partial charge in [0.25, 0.3) is 0 Å². The minimum atomic E-state index is -1.85. The molecule has 32 heavy (non-hydrogen) atoms. The molecule has 0 unspecified atom stereocenters. The van der Waals surface area contributed by atoms with Crippen molar-refractivity contribution in [3.63, 3.8) is 0 Å². The number of carbonyl (C=O) groups is 1. The van der Waals surface area contributed by atoms with Crippen LogP contribution in [0.5, 0.6) is 0 Å². The molecule has 0 N–H and O–H groups in total. The zero-order valence-electron chi connectivity index (χ0n) is 20.7. The molecule has 1 aromatic heterocycles. The fourth-order valence-corrected chi connectivity index (χ4v) is 5.46. The first-order chi connectivity index (χ1) is 15.0. The van der Waals surface area contributed by atoms with Crippen molar-refractivity contribution in [2.24, 2.45) is 7.05 Å². The molecule has 1 aliphatic rings. The summed E-state index contributed by atoms with van der Waals surface area (Å²) in [6.45, 7) is 15.5. The van der Waals surface area contributed by atoms with Crippen molar-refractivity contribution in [2.75, 3.05) is 13.2 Å². The van der Waals surface area contributed by atoms with Gasteiger partial charge in [0, 0.05) is 44.5 Å². The fraction of sp³-hybridized carbons (Fsp3) is 0.600. The predicted molar refractivity (Wildman–Crippen MR) is 130 cm³/mol. The largest absolute Gasteiger partial charge is 0.460 e. The second kappa shape index (κ2) is 9.89. The maximum absolute atomic E-state index is 12.2. The van der Waals surface area contributed by atoms with E-state index in [4.69, 9.17) is 9.16 Å². The van der Waals surface area contributed by atoms with E-state index in [9.17, 15) is 4.79 Å². The van der Waals surface area contributed by atoms with Crippen molar-refractivity contribution in [1.29, 1.82) is 0 Å². The van der Waals surface area contributed by atoms with Crippen LogP contribution in [0, 0.1) is 0 Å². The first kappa shape index (κ1) is 24.7. The van der Waals surface area contributed by atoms with Crippen LogP contribution in [0.4, 0.5) is 0 Å². The third-order valence-corrected chi connectivity index (χ3v) is 11.5. The maximum atomic E-state index is 12.2. The zero-order valence-corrected chi connectivity index (χ0v) is 21.7. The smallest absolute Gasteiger partial charge is 0.374 e. The van der Waals surface area contributed by atoms with Crippen LogP contribution in [0.1, 0.15) is 56.0 Å². The normalized spacial score (nSPS) is 20.0. The highest BCUT2D eigenvalue weighted by molar-refractivity contribution is 6.74. The number of hydrogen-bond donors (Lipinski definition) is 0. The molecule has 0 spiro atoms. The van der Waals surface area contributed by atoms with Gasteiger partial charge in [-0.15, -0.1) is 0 Å². The first-order valence-corrected chi connectivity index (χ1v) is 14.6. The van der Waals surface area contributed by atoms with E-state index in [-0.39, 0.29) is 17.1 Å². The molecule has 2 aromatic rings. The predicted octanol–water partition coefficient (Wildman–Crippen LogP) is 4.80. The lowest BCUT2D eigenvalue weighted by Crippen LogP contribution is -2.44. The number of likely N-dealkylation sites (tertiary alicyclic amines) is 1. The van der Waals surface area contributed by atoms with E-state index in [0.717, 1.165) is 31.6 Å². The number of ether oxygens (including phenoxy) is 1. The van der Waals surface area contributed by atoms with E-state index in [0.29, 0.717) is 18.5 Å². The maximum Gasteiger partial charge on any atom is 0.374 e. The third kappa shape index (κ3) is 5.69. The lowest BCUT2D eigenvalue weighted by molar-refractivity contribution is 0.0507. The number of carbonyl (C=O) groups excluding carboxylic acids is 1. The lowest BCUT2D eigenvalue weighted by atomic mass is 10.1. The summed E-state index contributed by atoms with van der Waals surface area (Å²) in [6.07, 6.45) is 3.85. The van der Waals surface area contributed by atoms with Gasteiger partial charge in [-0.25, -0.2) is 9.78 Å². The Balaban J connectivity index is 1.78. The van der Waals surface area contributed by atoms with Gasteiger partial charge in [0.2, 0.25) is 5.82 Å². The molecule has 0 radical (unpaired) electrons. The zero-order chi connectivity index (χ0) is 23.5. The lowest BCUT2D eigenvalue weighted by Gasteiger charge is -2.38. The molecule has 1 fully saturated rings. The number of benzene rings is 1. The van der Waals surface area contributed by atoms with Crippen LogP contribution in [0.3, 0.4) is 0 Å². The van der Waals surface area contributed by atoms with Gasteiger partial charge >= 0.3 is 5.97 Å². The summed E-state index contributed by atoms with van der Waals surface area (Å²) in [5.41, 5.74) is 2.35. The van der Waals surface area contributed by atoms with Crippen LogP contribution >= 0.6 is 0 Å². The van der Waals surface area contributed by atoms with Gasteiger partial charge in [-0.05, 0) is 37.0 Å². The first-order valence-electron chi connectivity index (χ1n) is 11.7. The van der Waals surface area contributed by atoms with Crippen molar-refractivity contribution in [2.45, 2.75) is 77.4 Å². The Morgan fingerprint density at radius 2 is 1.91 bits per heavy atom. The molecule has 0 saturated carbocycles. The van der Waals surface area contributed by atoms with E-state index in [2.05, 4.69) is 74.1 Å². The van der Waals surface area contributed by atoms with Gasteiger partial charge in [-0.2, -0.15) is 0 Å². The molecular formula is C25H39N3O3Si. The van der Waals surface area contributed by atoms with Crippen LogP contribution in [-0.4, -0.2) is 54.0 Å². The second-order valence-electron chi connectivity index (χ2n) is 10.4. The Bertz CT molecular complexity index is 905. The van der Waals surface area contributed by atoms with Gasteiger partial charge in [0.05, 0.1) is 12.7 Å². The summed E-state index contributed by atoms with van der Waals surface area (Å²) in [4.78, 5) is 19.1. The van der Waals surface area contributed by atoms with Crippen molar-refractivity contribution in [1.82, 2.24) is 14.5 Å². The number of nitrogens with zero attached hydrogens (tertiary/aromatic N) is 3. The van der Waals surface area contributed by atoms with Crippen LogP contribution in [0.15, 0.2) is 36.5 Å². The van der Waals surface area contributed by atoms with Gasteiger partial charge in [0.15, 0.2) is 8.32 Å². The SMILES string of the molecule is CCOC(=O)c1ncc(C[C@@H]2C[C@@H](O[Si](C)(C)C(C)(C)C)CN2Cc2ccccc2)n1C. The van der Waals surface area contributed by atoms with Gasteiger partial charge in [0.1, 0.15) is 0 Å². The summed E-state index contributed by atoms with van der Waals surface area (Å²) < 4.78 is 13.8. The number of imidazole rings is 1. The molecular weight excluding hydrogens is 418 g/mol. The Morgan fingerprint density at radius 3 is 2.53 bits per heavy atom.